The first-order valence-electron chi connectivity index (χ1n) is 10.4. The molecule has 1 aliphatic rings. The largest absolute Gasteiger partial charge is 0.497 e. The molecule has 0 radical (unpaired) electrons. The Balaban J connectivity index is 1.40. The molecule has 0 aliphatic carbocycles. The van der Waals surface area contributed by atoms with Crippen LogP contribution in [-0.2, 0) is 16.4 Å². The molecule has 2 heterocycles. The van der Waals surface area contributed by atoms with Crippen LogP contribution in [0.1, 0.15) is 21.8 Å². The third kappa shape index (κ3) is 4.05. The van der Waals surface area contributed by atoms with E-state index >= 15 is 0 Å². The second-order valence-corrected chi connectivity index (χ2v) is 10.5. The SMILES string of the molecule is COc1ccc(S(=O)(=O)N2CCCc3cc(NC(=O)c4nc5ccccc5s4)ccc32)cc1. The number of benzene rings is 3. The van der Waals surface area contributed by atoms with Crippen molar-refractivity contribution < 1.29 is 17.9 Å². The average Bonchev–Trinajstić information content (AvgIpc) is 3.28. The van der Waals surface area contributed by atoms with E-state index in [2.05, 4.69) is 10.3 Å². The zero-order valence-electron chi connectivity index (χ0n) is 17.8. The van der Waals surface area contributed by atoms with Gasteiger partial charge in [-0.1, -0.05) is 12.1 Å². The maximum atomic E-state index is 13.3. The maximum Gasteiger partial charge on any atom is 0.284 e. The van der Waals surface area contributed by atoms with Crippen LogP contribution < -0.4 is 14.4 Å². The van der Waals surface area contributed by atoms with Crippen LogP contribution in [0.4, 0.5) is 11.4 Å². The predicted octanol–water partition coefficient (Wildman–Crippen LogP) is 4.70. The lowest BCUT2D eigenvalue weighted by Gasteiger charge is -2.31. The number of rotatable bonds is 5. The highest BCUT2D eigenvalue weighted by molar-refractivity contribution is 7.92. The van der Waals surface area contributed by atoms with Crippen LogP contribution in [0, 0.1) is 0 Å². The molecule has 0 fully saturated rings. The van der Waals surface area contributed by atoms with Crippen molar-refractivity contribution >= 4 is 48.9 Å². The minimum absolute atomic E-state index is 0.212. The number of anilines is 2. The summed E-state index contributed by atoms with van der Waals surface area (Å²) in [7, 11) is -2.17. The molecule has 0 saturated heterocycles. The van der Waals surface area contributed by atoms with Crippen LogP contribution in [0.25, 0.3) is 10.2 Å². The van der Waals surface area contributed by atoms with Crippen LogP contribution in [0.5, 0.6) is 5.75 Å². The molecule has 0 unspecified atom stereocenters. The monoisotopic (exact) mass is 479 g/mol. The summed E-state index contributed by atoms with van der Waals surface area (Å²) in [6, 6.07) is 19.3. The predicted molar refractivity (Wildman–Crippen MR) is 130 cm³/mol. The van der Waals surface area contributed by atoms with Crippen LogP contribution in [0.15, 0.2) is 71.6 Å². The van der Waals surface area contributed by atoms with Gasteiger partial charge >= 0.3 is 0 Å². The summed E-state index contributed by atoms with van der Waals surface area (Å²) in [5, 5.41) is 3.28. The van der Waals surface area contributed by atoms with Gasteiger partial charge in [0, 0.05) is 12.2 Å². The van der Waals surface area contributed by atoms with E-state index in [9.17, 15) is 13.2 Å². The molecule has 1 aliphatic heterocycles. The van der Waals surface area contributed by atoms with Crippen molar-refractivity contribution in [1.82, 2.24) is 4.98 Å². The first-order chi connectivity index (χ1) is 16.0. The summed E-state index contributed by atoms with van der Waals surface area (Å²) in [6.45, 7) is 0.402. The van der Waals surface area contributed by atoms with E-state index < -0.39 is 10.0 Å². The topological polar surface area (TPSA) is 88.6 Å². The van der Waals surface area contributed by atoms with Gasteiger partial charge in [0.05, 0.1) is 27.9 Å². The van der Waals surface area contributed by atoms with E-state index in [-0.39, 0.29) is 10.8 Å². The number of carbonyl (C=O) groups excluding carboxylic acids is 1. The van der Waals surface area contributed by atoms with E-state index in [1.54, 1.807) is 36.4 Å². The number of aryl methyl sites for hydroxylation is 1. The van der Waals surface area contributed by atoms with Gasteiger partial charge in [0.15, 0.2) is 5.01 Å². The Bertz CT molecular complexity index is 1410. The van der Waals surface area contributed by atoms with Crippen LogP contribution in [0.3, 0.4) is 0 Å². The lowest BCUT2D eigenvalue weighted by molar-refractivity contribution is 0.102. The summed E-state index contributed by atoms with van der Waals surface area (Å²) < 4.78 is 34.1. The van der Waals surface area contributed by atoms with E-state index in [1.807, 2.05) is 30.3 Å². The quantitative estimate of drug-likeness (QED) is 0.448. The molecular formula is C24H21N3O4S2. The van der Waals surface area contributed by atoms with E-state index in [0.29, 0.717) is 35.1 Å². The summed E-state index contributed by atoms with van der Waals surface area (Å²) >= 11 is 1.34. The molecule has 0 atom stereocenters. The highest BCUT2D eigenvalue weighted by atomic mass is 32.2. The lowest BCUT2D eigenvalue weighted by Crippen LogP contribution is -2.35. The second-order valence-electron chi connectivity index (χ2n) is 7.64. The molecule has 1 amide bonds. The number of thiazole rings is 1. The fraction of sp³-hybridized carbons (Fsp3) is 0.167. The highest BCUT2D eigenvalue weighted by Gasteiger charge is 2.29. The van der Waals surface area contributed by atoms with Crippen LogP contribution >= 0.6 is 11.3 Å². The Kier molecular flexibility index (Phi) is 5.51. The van der Waals surface area contributed by atoms with Gasteiger partial charge in [0.25, 0.3) is 15.9 Å². The van der Waals surface area contributed by atoms with E-state index in [4.69, 9.17) is 4.74 Å². The molecule has 33 heavy (non-hydrogen) atoms. The normalized spacial score (nSPS) is 13.5. The molecule has 3 aromatic carbocycles. The number of para-hydroxylation sites is 1. The Morgan fingerprint density at radius 1 is 1.09 bits per heavy atom. The Hall–Kier alpha value is -3.43. The molecule has 0 bridgehead atoms. The number of ether oxygens (including phenoxy) is 1. The van der Waals surface area contributed by atoms with Crippen molar-refractivity contribution in [2.75, 3.05) is 23.3 Å². The number of hydrogen-bond donors (Lipinski definition) is 1. The zero-order valence-corrected chi connectivity index (χ0v) is 19.4. The van der Waals surface area contributed by atoms with Gasteiger partial charge in [-0.25, -0.2) is 13.4 Å². The van der Waals surface area contributed by atoms with Crippen molar-refractivity contribution in [2.24, 2.45) is 0 Å². The van der Waals surface area contributed by atoms with Crippen molar-refractivity contribution in [1.29, 1.82) is 0 Å². The van der Waals surface area contributed by atoms with Gasteiger partial charge in [0.2, 0.25) is 0 Å². The fourth-order valence-corrected chi connectivity index (χ4v) is 6.32. The van der Waals surface area contributed by atoms with Crippen molar-refractivity contribution in [3.05, 3.63) is 77.3 Å². The van der Waals surface area contributed by atoms with Gasteiger partial charge in [-0.2, -0.15) is 0 Å². The van der Waals surface area contributed by atoms with Crippen LogP contribution in [-0.4, -0.2) is 33.0 Å². The first-order valence-corrected chi connectivity index (χ1v) is 12.7. The van der Waals surface area contributed by atoms with Crippen LogP contribution in [0.2, 0.25) is 0 Å². The zero-order chi connectivity index (χ0) is 23.0. The number of carbonyl (C=O) groups is 1. The molecule has 4 aromatic rings. The molecule has 168 valence electrons. The van der Waals surface area contributed by atoms with E-state index in [0.717, 1.165) is 22.2 Å². The van der Waals surface area contributed by atoms with Gasteiger partial charge in [-0.15, -0.1) is 11.3 Å². The minimum atomic E-state index is -3.71. The second kappa shape index (κ2) is 8.49. The Morgan fingerprint density at radius 2 is 1.88 bits per heavy atom. The standard InChI is InChI=1S/C24H21N3O4S2/c1-31-18-9-11-19(12-10-18)33(29,30)27-14-4-5-16-15-17(8-13-21(16)27)25-23(28)24-26-20-6-2-3-7-22(20)32-24/h2-3,6-13,15H,4-5,14H2,1H3,(H,25,28). The molecule has 7 nitrogen and oxygen atoms in total. The molecule has 9 heteroatoms. The number of amides is 1. The summed E-state index contributed by atoms with van der Waals surface area (Å²) in [5.41, 5.74) is 2.91. The van der Waals surface area contributed by atoms with Crippen molar-refractivity contribution in [3.63, 3.8) is 0 Å². The smallest absolute Gasteiger partial charge is 0.284 e. The molecule has 5 rings (SSSR count). The number of sulfonamides is 1. The van der Waals surface area contributed by atoms with Gasteiger partial charge in [-0.05, 0) is 73.0 Å². The number of hydrogen-bond acceptors (Lipinski definition) is 6. The first kappa shape index (κ1) is 21.4. The number of nitrogens with one attached hydrogen (secondary N) is 1. The lowest BCUT2D eigenvalue weighted by atomic mass is 10.0. The maximum absolute atomic E-state index is 13.3. The summed E-state index contributed by atoms with van der Waals surface area (Å²) in [6.07, 6.45) is 1.42. The van der Waals surface area contributed by atoms with Gasteiger partial charge < -0.3 is 10.1 Å². The molecule has 0 saturated carbocycles. The molecular weight excluding hydrogens is 458 g/mol. The van der Waals surface area contributed by atoms with E-state index in [1.165, 1.54) is 22.8 Å². The number of fused-ring (bicyclic) bond motifs is 2. The average molecular weight is 480 g/mol. The summed E-state index contributed by atoms with van der Waals surface area (Å²) in [5.74, 6) is 0.316. The molecule has 1 aromatic heterocycles. The Labute approximate surface area is 195 Å². The molecule has 0 spiro atoms. The third-order valence-electron chi connectivity index (χ3n) is 5.55. The van der Waals surface area contributed by atoms with Crippen molar-refractivity contribution in [2.45, 2.75) is 17.7 Å². The minimum Gasteiger partial charge on any atom is -0.497 e. The number of methoxy groups -OCH3 is 1. The Morgan fingerprint density at radius 3 is 2.64 bits per heavy atom. The van der Waals surface area contributed by atoms with Crippen molar-refractivity contribution in [3.8, 4) is 5.75 Å². The molecule has 1 N–H and O–H groups in total. The third-order valence-corrected chi connectivity index (χ3v) is 8.41. The number of nitrogens with zero attached hydrogens (tertiary/aromatic N) is 2. The summed E-state index contributed by atoms with van der Waals surface area (Å²) in [4.78, 5) is 17.3. The van der Waals surface area contributed by atoms with Gasteiger partial charge in [0.1, 0.15) is 5.75 Å². The highest BCUT2D eigenvalue weighted by Crippen LogP contribution is 2.34. The number of aromatic nitrogens is 1. The van der Waals surface area contributed by atoms with Gasteiger partial charge in [-0.3, -0.25) is 9.10 Å². The fourth-order valence-electron chi connectivity index (χ4n) is 3.92.